The van der Waals surface area contributed by atoms with E-state index in [9.17, 15) is 4.79 Å². The van der Waals surface area contributed by atoms with Crippen molar-refractivity contribution >= 4 is 11.8 Å². The Hall–Kier alpha value is -2.96. The largest absolute Gasteiger partial charge is 0.493 e. The van der Waals surface area contributed by atoms with Gasteiger partial charge in [0.2, 0.25) is 0 Å². The zero-order valence-corrected chi connectivity index (χ0v) is 14.7. The van der Waals surface area contributed by atoms with Gasteiger partial charge in [0.05, 0.1) is 20.3 Å². The summed E-state index contributed by atoms with van der Waals surface area (Å²) in [4.78, 5) is 16.1. The van der Waals surface area contributed by atoms with Crippen LogP contribution in [0.15, 0.2) is 42.6 Å². The van der Waals surface area contributed by atoms with Crippen LogP contribution in [0.25, 0.3) is 0 Å². The smallest absolute Gasteiger partial charge is 0.315 e. The number of aromatic nitrogens is 1. The van der Waals surface area contributed by atoms with Gasteiger partial charge in [0.25, 0.3) is 0 Å². The van der Waals surface area contributed by atoms with Crippen molar-refractivity contribution in [2.45, 2.75) is 13.0 Å². The fourth-order valence-electron chi connectivity index (χ4n) is 2.29. The Labute approximate surface area is 147 Å². The van der Waals surface area contributed by atoms with E-state index in [4.69, 9.17) is 9.47 Å². The van der Waals surface area contributed by atoms with E-state index in [1.165, 1.54) is 0 Å². The summed E-state index contributed by atoms with van der Waals surface area (Å²) in [6.45, 7) is 2.99. The average Bonchev–Trinajstić information content (AvgIpc) is 2.65. The van der Waals surface area contributed by atoms with Crippen LogP contribution in [0.3, 0.4) is 0 Å². The summed E-state index contributed by atoms with van der Waals surface area (Å²) in [7, 11) is 3.17. The summed E-state index contributed by atoms with van der Waals surface area (Å²) in [6, 6.07) is 10.8. The van der Waals surface area contributed by atoms with E-state index in [2.05, 4.69) is 20.9 Å². The maximum Gasteiger partial charge on any atom is 0.315 e. The summed E-state index contributed by atoms with van der Waals surface area (Å²) >= 11 is 0. The van der Waals surface area contributed by atoms with Gasteiger partial charge in [-0.25, -0.2) is 9.78 Å². The number of methoxy groups -OCH3 is 2. The third-order valence-corrected chi connectivity index (χ3v) is 3.64. The fourth-order valence-corrected chi connectivity index (χ4v) is 2.29. The van der Waals surface area contributed by atoms with Crippen LogP contribution in [-0.4, -0.2) is 38.3 Å². The Morgan fingerprint density at radius 2 is 1.92 bits per heavy atom. The van der Waals surface area contributed by atoms with E-state index in [0.29, 0.717) is 24.6 Å². The number of urea groups is 1. The Kier molecular flexibility index (Phi) is 6.88. The molecule has 0 aliphatic carbocycles. The third kappa shape index (κ3) is 5.56. The van der Waals surface area contributed by atoms with Crippen molar-refractivity contribution < 1.29 is 14.3 Å². The number of anilines is 1. The van der Waals surface area contributed by atoms with Crippen molar-refractivity contribution in [2.75, 3.05) is 32.6 Å². The van der Waals surface area contributed by atoms with Gasteiger partial charge >= 0.3 is 6.03 Å². The lowest BCUT2D eigenvalue weighted by atomic mass is 10.1. The zero-order valence-electron chi connectivity index (χ0n) is 14.7. The number of nitrogens with zero attached hydrogens (tertiary/aromatic N) is 1. The summed E-state index contributed by atoms with van der Waals surface area (Å²) in [5.74, 6) is 2.07. The predicted molar refractivity (Wildman–Crippen MR) is 97.2 cm³/mol. The number of benzene rings is 1. The van der Waals surface area contributed by atoms with Gasteiger partial charge in [-0.2, -0.15) is 0 Å². The minimum atomic E-state index is -0.231. The number of amides is 2. The number of rotatable bonds is 8. The maximum absolute atomic E-state index is 12.0. The molecule has 2 rings (SSSR count). The van der Waals surface area contributed by atoms with Gasteiger partial charge in [-0.05, 0) is 36.8 Å². The van der Waals surface area contributed by atoms with Crippen LogP contribution in [0.4, 0.5) is 10.6 Å². The van der Waals surface area contributed by atoms with Gasteiger partial charge in [-0.3, -0.25) is 0 Å². The van der Waals surface area contributed by atoms with Gasteiger partial charge in [-0.15, -0.1) is 0 Å². The van der Waals surface area contributed by atoms with Crippen LogP contribution in [0.5, 0.6) is 11.5 Å². The van der Waals surface area contributed by atoms with Crippen molar-refractivity contribution in [3.05, 3.63) is 48.2 Å². The van der Waals surface area contributed by atoms with Gasteiger partial charge in [0, 0.05) is 19.3 Å². The number of nitrogens with one attached hydrogen (secondary N) is 3. The van der Waals surface area contributed by atoms with E-state index in [1.807, 2.05) is 43.3 Å². The second-order valence-electron chi connectivity index (χ2n) is 5.38. The monoisotopic (exact) mass is 344 g/mol. The first-order valence-electron chi connectivity index (χ1n) is 8.05. The molecule has 0 saturated heterocycles. The summed E-state index contributed by atoms with van der Waals surface area (Å²) in [5.41, 5.74) is 0.930. The first kappa shape index (κ1) is 18.4. The van der Waals surface area contributed by atoms with E-state index in [0.717, 1.165) is 11.4 Å². The molecule has 7 nitrogen and oxygen atoms in total. The summed E-state index contributed by atoms with van der Waals surface area (Å²) in [6.07, 6.45) is 1.72. The van der Waals surface area contributed by atoms with Crippen LogP contribution in [0, 0.1) is 0 Å². The molecule has 1 atom stereocenters. The van der Waals surface area contributed by atoms with Crippen LogP contribution in [0.2, 0.25) is 0 Å². The topological polar surface area (TPSA) is 84.5 Å². The van der Waals surface area contributed by atoms with Crippen LogP contribution in [0.1, 0.15) is 18.5 Å². The highest BCUT2D eigenvalue weighted by atomic mass is 16.5. The molecule has 7 heteroatoms. The Balaban J connectivity index is 1.78. The molecular formula is C18H24N4O3. The van der Waals surface area contributed by atoms with Crippen LogP contribution >= 0.6 is 0 Å². The van der Waals surface area contributed by atoms with Crippen molar-refractivity contribution in [1.29, 1.82) is 0 Å². The normalized spacial score (nSPS) is 11.3. The number of hydrogen-bond acceptors (Lipinski definition) is 5. The maximum atomic E-state index is 12.0. The number of hydrogen-bond donors (Lipinski definition) is 3. The van der Waals surface area contributed by atoms with Crippen molar-refractivity contribution in [2.24, 2.45) is 0 Å². The Bertz CT molecular complexity index is 679. The molecule has 1 aromatic heterocycles. The highest BCUT2D eigenvalue weighted by Gasteiger charge is 2.12. The Morgan fingerprint density at radius 3 is 2.60 bits per heavy atom. The van der Waals surface area contributed by atoms with Crippen LogP contribution in [-0.2, 0) is 0 Å². The van der Waals surface area contributed by atoms with Gasteiger partial charge < -0.3 is 25.4 Å². The van der Waals surface area contributed by atoms with Crippen molar-refractivity contribution in [1.82, 2.24) is 15.6 Å². The summed E-state index contributed by atoms with van der Waals surface area (Å²) < 4.78 is 10.5. The molecule has 0 fully saturated rings. The number of carbonyl (C=O) groups is 1. The van der Waals surface area contributed by atoms with Gasteiger partial charge in [-0.1, -0.05) is 12.1 Å². The molecule has 2 amide bonds. The SMILES string of the molecule is COc1ccc([C@H](C)NC(=O)NCCNc2ccccn2)cc1OC. The van der Waals surface area contributed by atoms with Gasteiger partial charge in [0.15, 0.2) is 11.5 Å². The lowest BCUT2D eigenvalue weighted by Gasteiger charge is -2.17. The molecule has 25 heavy (non-hydrogen) atoms. The molecule has 0 spiro atoms. The molecule has 0 aliphatic heterocycles. The van der Waals surface area contributed by atoms with Crippen LogP contribution < -0.4 is 25.4 Å². The molecule has 1 aromatic carbocycles. The Morgan fingerprint density at radius 1 is 1.12 bits per heavy atom. The van der Waals surface area contributed by atoms with E-state index in [-0.39, 0.29) is 12.1 Å². The molecule has 0 saturated carbocycles. The van der Waals surface area contributed by atoms with Gasteiger partial charge in [0.1, 0.15) is 5.82 Å². The second-order valence-corrected chi connectivity index (χ2v) is 5.38. The molecular weight excluding hydrogens is 320 g/mol. The predicted octanol–water partition coefficient (Wildman–Crippen LogP) is 2.57. The van der Waals surface area contributed by atoms with Crippen molar-refractivity contribution in [3.8, 4) is 11.5 Å². The number of ether oxygens (including phenoxy) is 2. The van der Waals surface area contributed by atoms with E-state index in [1.54, 1.807) is 20.4 Å². The molecule has 0 bridgehead atoms. The molecule has 0 radical (unpaired) electrons. The zero-order chi connectivity index (χ0) is 18.1. The lowest BCUT2D eigenvalue weighted by molar-refractivity contribution is 0.238. The van der Waals surface area contributed by atoms with E-state index < -0.39 is 0 Å². The quantitative estimate of drug-likeness (QED) is 0.641. The van der Waals surface area contributed by atoms with Crippen molar-refractivity contribution in [3.63, 3.8) is 0 Å². The second kappa shape index (κ2) is 9.36. The third-order valence-electron chi connectivity index (χ3n) is 3.64. The first-order chi connectivity index (χ1) is 12.1. The standard InChI is InChI=1S/C18H24N4O3/c1-13(14-7-8-15(24-2)16(12-14)25-3)22-18(23)21-11-10-20-17-6-4-5-9-19-17/h4-9,12-13H,10-11H2,1-3H3,(H,19,20)(H2,21,22,23)/t13-/m0/s1. The highest BCUT2D eigenvalue weighted by molar-refractivity contribution is 5.74. The fraction of sp³-hybridized carbons (Fsp3) is 0.333. The van der Waals surface area contributed by atoms with E-state index >= 15 is 0 Å². The average molecular weight is 344 g/mol. The molecule has 3 N–H and O–H groups in total. The first-order valence-corrected chi connectivity index (χ1v) is 8.05. The molecule has 134 valence electrons. The minimum Gasteiger partial charge on any atom is -0.493 e. The lowest BCUT2D eigenvalue weighted by Crippen LogP contribution is -2.39. The number of carbonyl (C=O) groups excluding carboxylic acids is 1. The molecule has 1 heterocycles. The molecule has 0 unspecified atom stereocenters. The highest BCUT2D eigenvalue weighted by Crippen LogP contribution is 2.29. The molecule has 2 aromatic rings. The number of pyridine rings is 1. The minimum absolute atomic E-state index is 0.163. The summed E-state index contributed by atoms with van der Waals surface area (Å²) in [5, 5.41) is 8.83. The molecule has 0 aliphatic rings.